The van der Waals surface area contributed by atoms with Crippen molar-refractivity contribution in [3.63, 3.8) is 0 Å². The minimum Gasteiger partial charge on any atom is -0.467 e. The van der Waals surface area contributed by atoms with Crippen LogP contribution in [0.2, 0.25) is 0 Å². The Morgan fingerprint density at radius 1 is 1.59 bits per heavy atom. The monoisotopic (exact) mass is 237 g/mol. The van der Waals surface area contributed by atoms with Gasteiger partial charge in [-0.05, 0) is 19.1 Å². The third-order valence-corrected chi connectivity index (χ3v) is 2.92. The van der Waals surface area contributed by atoms with Crippen LogP contribution in [0.4, 0.5) is 0 Å². The second-order valence-electron chi connectivity index (χ2n) is 4.33. The minimum absolute atomic E-state index is 0.0517. The first-order chi connectivity index (χ1) is 8.25. The summed E-state index contributed by atoms with van der Waals surface area (Å²) in [4.78, 5) is 14.0. The van der Waals surface area contributed by atoms with E-state index in [-0.39, 0.29) is 11.9 Å². The van der Waals surface area contributed by atoms with E-state index in [0.717, 1.165) is 31.9 Å². The second-order valence-corrected chi connectivity index (χ2v) is 4.33. The highest BCUT2D eigenvalue weighted by molar-refractivity contribution is 5.78. The molecule has 0 saturated carbocycles. The molecule has 2 rings (SSSR count). The Hall–Kier alpha value is -1.33. The van der Waals surface area contributed by atoms with Gasteiger partial charge in [0.25, 0.3) is 0 Å². The fraction of sp³-hybridized carbons (Fsp3) is 0.583. The van der Waals surface area contributed by atoms with E-state index in [4.69, 9.17) is 4.42 Å². The van der Waals surface area contributed by atoms with E-state index in [1.165, 1.54) is 0 Å². The molecule has 5 nitrogen and oxygen atoms in total. The quantitative estimate of drug-likeness (QED) is 0.794. The molecule has 0 aliphatic carbocycles. The van der Waals surface area contributed by atoms with Crippen LogP contribution in [0.15, 0.2) is 22.8 Å². The highest BCUT2D eigenvalue weighted by atomic mass is 16.3. The molecule has 0 aromatic carbocycles. The second kappa shape index (κ2) is 5.84. The number of carbonyl (C=O) groups is 1. The Kier molecular flexibility index (Phi) is 4.17. The lowest BCUT2D eigenvalue weighted by Gasteiger charge is -2.26. The summed E-state index contributed by atoms with van der Waals surface area (Å²) in [5.74, 6) is 0.842. The molecule has 94 valence electrons. The van der Waals surface area contributed by atoms with E-state index in [0.29, 0.717) is 6.54 Å². The maximum Gasteiger partial charge on any atom is 0.234 e. The van der Waals surface area contributed by atoms with E-state index in [1.807, 2.05) is 19.1 Å². The lowest BCUT2D eigenvalue weighted by Crippen LogP contribution is -2.47. The van der Waals surface area contributed by atoms with Gasteiger partial charge in [0.2, 0.25) is 5.91 Å². The van der Waals surface area contributed by atoms with E-state index < -0.39 is 0 Å². The van der Waals surface area contributed by atoms with Gasteiger partial charge in [0, 0.05) is 26.2 Å². The standard InChI is InChI=1S/C12H19N3O2/c1-10(11-3-2-8-17-11)14-12(16)9-15-6-4-13-5-7-15/h2-3,8,10,13H,4-7,9H2,1H3,(H,14,16)/t10-/m0/s1. The van der Waals surface area contributed by atoms with Crippen molar-refractivity contribution in [1.82, 2.24) is 15.5 Å². The molecule has 2 N–H and O–H groups in total. The first-order valence-electron chi connectivity index (χ1n) is 6.01. The van der Waals surface area contributed by atoms with Crippen LogP contribution in [0, 0.1) is 0 Å². The van der Waals surface area contributed by atoms with Gasteiger partial charge in [0.05, 0.1) is 18.8 Å². The molecule has 0 unspecified atom stereocenters. The topological polar surface area (TPSA) is 57.5 Å². The van der Waals surface area contributed by atoms with Crippen LogP contribution < -0.4 is 10.6 Å². The van der Waals surface area contributed by atoms with Crippen molar-refractivity contribution in [2.45, 2.75) is 13.0 Å². The largest absolute Gasteiger partial charge is 0.467 e. The van der Waals surface area contributed by atoms with Gasteiger partial charge in [-0.15, -0.1) is 0 Å². The Morgan fingerprint density at radius 3 is 3.00 bits per heavy atom. The van der Waals surface area contributed by atoms with Gasteiger partial charge >= 0.3 is 0 Å². The first-order valence-corrected chi connectivity index (χ1v) is 6.01. The molecule has 1 fully saturated rings. The molecule has 1 aromatic rings. The molecule has 1 atom stereocenters. The Labute approximate surface area is 101 Å². The van der Waals surface area contributed by atoms with Crippen LogP contribution >= 0.6 is 0 Å². The molecule has 1 amide bonds. The summed E-state index contributed by atoms with van der Waals surface area (Å²) in [5.41, 5.74) is 0. The van der Waals surface area contributed by atoms with Crippen molar-refractivity contribution >= 4 is 5.91 Å². The average molecular weight is 237 g/mol. The van der Waals surface area contributed by atoms with Gasteiger partial charge in [-0.25, -0.2) is 0 Å². The zero-order chi connectivity index (χ0) is 12.1. The van der Waals surface area contributed by atoms with E-state index in [2.05, 4.69) is 15.5 Å². The summed E-state index contributed by atoms with van der Waals surface area (Å²) in [7, 11) is 0. The molecule has 1 aromatic heterocycles. The Bertz CT molecular complexity index is 345. The Morgan fingerprint density at radius 2 is 2.35 bits per heavy atom. The molecule has 17 heavy (non-hydrogen) atoms. The number of nitrogens with zero attached hydrogens (tertiary/aromatic N) is 1. The van der Waals surface area contributed by atoms with Crippen LogP contribution in [0.3, 0.4) is 0 Å². The normalized spacial score (nSPS) is 18.9. The number of nitrogens with one attached hydrogen (secondary N) is 2. The average Bonchev–Trinajstić information content (AvgIpc) is 2.83. The van der Waals surface area contributed by atoms with E-state index >= 15 is 0 Å². The zero-order valence-electron chi connectivity index (χ0n) is 10.1. The van der Waals surface area contributed by atoms with Gasteiger partial charge in [0.1, 0.15) is 5.76 Å². The van der Waals surface area contributed by atoms with E-state index in [9.17, 15) is 4.79 Å². The molecule has 1 aliphatic heterocycles. The molecule has 0 radical (unpaired) electrons. The molecule has 0 spiro atoms. The number of furan rings is 1. The molecular formula is C12H19N3O2. The number of hydrogen-bond acceptors (Lipinski definition) is 4. The summed E-state index contributed by atoms with van der Waals surface area (Å²) in [6.45, 7) is 6.17. The van der Waals surface area contributed by atoms with Crippen molar-refractivity contribution in [1.29, 1.82) is 0 Å². The highest BCUT2D eigenvalue weighted by Crippen LogP contribution is 2.11. The predicted molar refractivity (Wildman–Crippen MR) is 64.6 cm³/mol. The summed E-state index contributed by atoms with van der Waals surface area (Å²) in [6, 6.07) is 3.63. The van der Waals surface area contributed by atoms with Gasteiger partial charge in [0.15, 0.2) is 0 Å². The summed E-state index contributed by atoms with van der Waals surface area (Å²) < 4.78 is 5.25. The number of piperazine rings is 1. The van der Waals surface area contributed by atoms with Crippen molar-refractivity contribution in [2.24, 2.45) is 0 Å². The highest BCUT2D eigenvalue weighted by Gasteiger charge is 2.16. The van der Waals surface area contributed by atoms with Gasteiger partial charge in [-0.2, -0.15) is 0 Å². The van der Waals surface area contributed by atoms with Crippen LogP contribution in [-0.2, 0) is 4.79 Å². The number of carbonyl (C=O) groups excluding carboxylic acids is 1. The van der Waals surface area contributed by atoms with Crippen molar-refractivity contribution in [3.05, 3.63) is 24.2 Å². The maximum absolute atomic E-state index is 11.8. The van der Waals surface area contributed by atoms with Gasteiger partial charge in [-0.3, -0.25) is 9.69 Å². The van der Waals surface area contributed by atoms with E-state index in [1.54, 1.807) is 6.26 Å². The zero-order valence-corrected chi connectivity index (χ0v) is 10.1. The molecule has 2 heterocycles. The SMILES string of the molecule is C[C@H](NC(=O)CN1CCNCC1)c1ccco1. The summed E-state index contributed by atoms with van der Waals surface area (Å²) >= 11 is 0. The smallest absolute Gasteiger partial charge is 0.234 e. The number of rotatable bonds is 4. The molecule has 1 saturated heterocycles. The molecular weight excluding hydrogens is 218 g/mol. The van der Waals surface area contributed by atoms with Gasteiger partial charge < -0.3 is 15.1 Å². The summed E-state index contributed by atoms with van der Waals surface area (Å²) in [5, 5.41) is 6.20. The minimum atomic E-state index is -0.0691. The number of hydrogen-bond donors (Lipinski definition) is 2. The summed E-state index contributed by atoms with van der Waals surface area (Å²) in [6.07, 6.45) is 1.62. The first kappa shape index (κ1) is 12.1. The maximum atomic E-state index is 11.8. The van der Waals surface area contributed by atoms with Crippen LogP contribution in [0.25, 0.3) is 0 Å². The molecule has 0 bridgehead atoms. The van der Waals surface area contributed by atoms with Crippen molar-refractivity contribution < 1.29 is 9.21 Å². The van der Waals surface area contributed by atoms with Crippen molar-refractivity contribution in [2.75, 3.05) is 32.7 Å². The molecule has 1 aliphatic rings. The van der Waals surface area contributed by atoms with Gasteiger partial charge in [-0.1, -0.05) is 0 Å². The van der Waals surface area contributed by atoms with Crippen LogP contribution in [0.5, 0.6) is 0 Å². The predicted octanol–water partition coefficient (Wildman–Crippen LogP) is 0.362. The lowest BCUT2D eigenvalue weighted by atomic mass is 10.2. The molecule has 5 heteroatoms. The lowest BCUT2D eigenvalue weighted by molar-refractivity contribution is -0.123. The number of amides is 1. The third kappa shape index (κ3) is 3.57. The van der Waals surface area contributed by atoms with Crippen LogP contribution in [-0.4, -0.2) is 43.5 Å². The fourth-order valence-corrected chi connectivity index (χ4v) is 1.97. The van der Waals surface area contributed by atoms with Crippen molar-refractivity contribution in [3.8, 4) is 0 Å². The fourth-order valence-electron chi connectivity index (χ4n) is 1.97. The third-order valence-electron chi connectivity index (χ3n) is 2.92. The van der Waals surface area contributed by atoms with Crippen LogP contribution in [0.1, 0.15) is 18.7 Å². The Balaban J connectivity index is 1.76.